The monoisotopic (exact) mass is 216 g/mol. The zero-order valence-electron chi connectivity index (χ0n) is 9.66. The second kappa shape index (κ2) is 3.52. The average Bonchev–Trinajstić information content (AvgIpc) is 2.73. The number of aromatic nitrogens is 1. The van der Waals surface area contributed by atoms with Gasteiger partial charge >= 0.3 is 0 Å². The summed E-state index contributed by atoms with van der Waals surface area (Å²) in [5.41, 5.74) is 2.75. The van der Waals surface area contributed by atoms with Gasteiger partial charge < -0.3 is 14.6 Å². The molecule has 1 aromatic carbocycles. The molecule has 2 aromatic rings. The predicted octanol–water partition coefficient (Wildman–Crippen LogP) is 1.79. The molecular formula is C13H16N2O. The molecule has 1 N–H and O–H groups in total. The van der Waals surface area contributed by atoms with Gasteiger partial charge in [0.2, 0.25) is 0 Å². The van der Waals surface area contributed by atoms with Gasteiger partial charge in [0.15, 0.2) is 0 Å². The first kappa shape index (κ1) is 9.73. The summed E-state index contributed by atoms with van der Waals surface area (Å²) >= 11 is 0. The van der Waals surface area contributed by atoms with Crippen LogP contribution in [-0.2, 0) is 13.0 Å². The normalized spacial score (nSPS) is 19.0. The van der Waals surface area contributed by atoms with E-state index in [2.05, 4.69) is 34.3 Å². The van der Waals surface area contributed by atoms with Crippen LogP contribution in [0.4, 0.5) is 0 Å². The highest BCUT2D eigenvalue weighted by Gasteiger charge is 2.19. The molecule has 1 unspecified atom stereocenters. The molecule has 3 nitrogen and oxygen atoms in total. The van der Waals surface area contributed by atoms with Crippen LogP contribution >= 0.6 is 0 Å². The van der Waals surface area contributed by atoms with Crippen LogP contribution < -0.4 is 10.1 Å². The highest BCUT2D eigenvalue weighted by Crippen LogP contribution is 2.30. The molecule has 3 heteroatoms. The van der Waals surface area contributed by atoms with Crippen LogP contribution in [0, 0.1) is 0 Å². The minimum absolute atomic E-state index is 0.523. The van der Waals surface area contributed by atoms with E-state index in [4.69, 9.17) is 4.74 Å². The smallest absolute Gasteiger partial charge is 0.119 e. The lowest BCUT2D eigenvalue weighted by Gasteiger charge is -2.24. The van der Waals surface area contributed by atoms with E-state index in [0.717, 1.165) is 18.7 Å². The topological polar surface area (TPSA) is 26.2 Å². The largest absolute Gasteiger partial charge is 0.497 e. The van der Waals surface area contributed by atoms with Gasteiger partial charge in [-0.3, -0.25) is 0 Å². The Morgan fingerprint density at radius 2 is 2.31 bits per heavy atom. The summed E-state index contributed by atoms with van der Waals surface area (Å²) in [5.74, 6) is 0.956. The Kier molecular flexibility index (Phi) is 2.14. The number of methoxy groups -OCH3 is 1. The SMILES string of the molecule is CNC1Cc2cc(OC)cc3ccn(c23)C1. The zero-order valence-corrected chi connectivity index (χ0v) is 9.66. The fourth-order valence-corrected chi connectivity index (χ4v) is 2.60. The molecule has 0 fully saturated rings. The highest BCUT2D eigenvalue weighted by atomic mass is 16.5. The summed E-state index contributed by atoms with van der Waals surface area (Å²) in [6, 6.07) is 6.95. The fourth-order valence-electron chi connectivity index (χ4n) is 2.60. The standard InChI is InChI=1S/C13H16N2O/c1-14-11-5-10-7-12(16-2)6-9-3-4-15(8-11)13(9)10/h3-4,6-7,11,14H,5,8H2,1-2H3. The van der Waals surface area contributed by atoms with Gasteiger partial charge in [0.1, 0.15) is 5.75 Å². The van der Waals surface area contributed by atoms with E-state index in [9.17, 15) is 0 Å². The van der Waals surface area contributed by atoms with Gasteiger partial charge in [-0.15, -0.1) is 0 Å². The van der Waals surface area contributed by atoms with Crippen LogP contribution in [-0.4, -0.2) is 24.8 Å². The molecule has 1 aliphatic heterocycles. The number of hydrogen-bond donors (Lipinski definition) is 1. The third kappa shape index (κ3) is 1.32. The molecule has 0 radical (unpaired) electrons. The number of ether oxygens (including phenoxy) is 1. The van der Waals surface area contributed by atoms with Gasteiger partial charge in [-0.1, -0.05) is 0 Å². The Bertz CT molecular complexity index is 530. The second-order valence-corrected chi connectivity index (χ2v) is 4.38. The van der Waals surface area contributed by atoms with E-state index in [1.165, 1.54) is 16.5 Å². The molecule has 1 aliphatic rings. The van der Waals surface area contributed by atoms with Gasteiger partial charge in [0.25, 0.3) is 0 Å². The van der Waals surface area contributed by atoms with Crippen molar-refractivity contribution >= 4 is 10.9 Å². The maximum absolute atomic E-state index is 5.34. The van der Waals surface area contributed by atoms with E-state index in [0.29, 0.717) is 6.04 Å². The van der Waals surface area contributed by atoms with Crippen molar-refractivity contribution in [3.63, 3.8) is 0 Å². The Labute approximate surface area is 95.0 Å². The first-order valence-electron chi connectivity index (χ1n) is 5.65. The van der Waals surface area contributed by atoms with Crippen LogP contribution in [0.15, 0.2) is 24.4 Å². The molecule has 1 aromatic heterocycles. The Morgan fingerprint density at radius 3 is 3.06 bits per heavy atom. The van der Waals surface area contributed by atoms with Crippen molar-refractivity contribution in [2.24, 2.45) is 0 Å². The van der Waals surface area contributed by atoms with E-state index in [1.807, 2.05) is 7.05 Å². The predicted molar refractivity (Wildman–Crippen MR) is 65.0 cm³/mol. The Hall–Kier alpha value is -1.48. The summed E-state index contributed by atoms with van der Waals surface area (Å²) in [4.78, 5) is 0. The molecule has 0 saturated heterocycles. The first-order chi connectivity index (χ1) is 7.81. The quantitative estimate of drug-likeness (QED) is 0.828. The lowest BCUT2D eigenvalue weighted by atomic mass is 10.00. The van der Waals surface area contributed by atoms with Crippen molar-refractivity contribution in [1.29, 1.82) is 0 Å². The van der Waals surface area contributed by atoms with Crippen molar-refractivity contribution in [2.45, 2.75) is 19.0 Å². The lowest BCUT2D eigenvalue weighted by molar-refractivity contribution is 0.413. The number of likely N-dealkylation sites (N-methyl/N-ethyl adjacent to an activating group) is 1. The molecule has 0 aliphatic carbocycles. The fraction of sp³-hybridized carbons (Fsp3) is 0.385. The summed E-state index contributed by atoms with van der Waals surface area (Å²) in [7, 11) is 3.75. The maximum atomic E-state index is 5.34. The minimum Gasteiger partial charge on any atom is -0.497 e. The first-order valence-corrected chi connectivity index (χ1v) is 5.65. The molecule has 84 valence electrons. The van der Waals surface area contributed by atoms with Gasteiger partial charge in [-0.25, -0.2) is 0 Å². The molecule has 2 heterocycles. The Balaban J connectivity index is 2.20. The zero-order chi connectivity index (χ0) is 11.1. The second-order valence-electron chi connectivity index (χ2n) is 4.38. The van der Waals surface area contributed by atoms with Gasteiger partial charge in [-0.2, -0.15) is 0 Å². The van der Waals surface area contributed by atoms with E-state index in [-0.39, 0.29) is 0 Å². The van der Waals surface area contributed by atoms with Crippen LogP contribution in [0.1, 0.15) is 5.56 Å². The van der Waals surface area contributed by atoms with Crippen molar-refractivity contribution in [1.82, 2.24) is 9.88 Å². The number of nitrogens with zero attached hydrogens (tertiary/aromatic N) is 1. The van der Waals surface area contributed by atoms with E-state index >= 15 is 0 Å². The molecular weight excluding hydrogens is 200 g/mol. The third-order valence-corrected chi connectivity index (χ3v) is 3.44. The lowest BCUT2D eigenvalue weighted by Crippen LogP contribution is -2.34. The van der Waals surface area contributed by atoms with Crippen molar-refractivity contribution < 1.29 is 4.74 Å². The Morgan fingerprint density at radius 1 is 1.44 bits per heavy atom. The van der Waals surface area contributed by atoms with Gasteiger partial charge in [0.05, 0.1) is 12.6 Å². The summed E-state index contributed by atoms with van der Waals surface area (Å²) in [6.07, 6.45) is 3.24. The molecule has 0 amide bonds. The van der Waals surface area contributed by atoms with Crippen molar-refractivity contribution in [2.75, 3.05) is 14.2 Å². The number of nitrogens with one attached hydrogen (secondary N) is 1. The summed E-state index contributed by atoms with van der Waals surface area (Å²) in [6.45, 7) is 1.05. The van der Waals surface area contributed by atoms with Crippen LogP contribution in [0.3, 0.4) is 0 Å². The van der Waals surface area contributed by atoms with Crippen molar-refractivity contribution in [3.05, 3.63) is 30.0 Å². The van der Waals surface area contributed by atoms with Crippen LogP contribution in [0.2, 0.25) is 0 Å². The maximum Gasteiger partial charge on any atom is 0.119 e. The molecule has 0 saturated carbocycles. The van der Waals surface area contributed by atoms with Crippen LogP contribution in [0.5, 0.6) is 5.75 Å². The average molecular weight is 216 g/mol. The van der Waals surface area contributed by atoms with Crippen molar-refractivity contribution in [3.8, 4) is 5.75 Å². The highest BCUT2D eigenvalue weighted by molar-refractivity contribution is 5.85. The molecule has 0 spiro atoms. The van der Waals surface area contributed by atoms with Crippen LogP contribution in [0.25, 0.3) is 10.9 Å². The minimum atomic E-state index is 0.523. The van der Waals surface area contributed by atoms with Gasteiger partial charge in [0, 0.05) is 24.2 Å². The molecule has 0 bridgehead atoms. The molecule has 1 atom stereocenters. The number of benzene rings is 1. The third-order valence-electron chi connectivity index (χ3n) is 3.44. The van der Waals surface area contributed by atoms with Gasteiger partial charge in [-0.05, 0) is 37.2 Å². The number of hydrogen-bond acceptors (Lipinski definition) is 2. The number of rotatable bonds is 2. The summed E-state index contributed by atoms with van der Waals surface area (Å²) < 4.78 is 7.67. The molecule has 3 rings (SSSR count). The molecule has 16 heavy (non-hydrogen) atoms. The van der Waals surface area contributed by atoms with E-state index in [1.54, 1.807) is 7.11 Å². The van der Waals surface area contributed by atoms with E-state index < -0.39 is 0 Å². The summed E-state index contributed by atoms with van der Waals surface area (Å²) in [5, 5.41) is 4.63.